The molecule has 0 aliphatic carbocycles. The Morgan fingerprint density at radius 3 is 2.95 bits per heavy atom. The van der Waals surface area contributed by atoms with Crippen molar-refractivity contribution in [2.75, 3.05) is 37.0 Å². The number of sulfonamides is 1. The molecule has 110 valence electrons. The third kappa shape index (κ3) is 4.34. The van der Waals surface area contributed by atoms with Crippen LogP contribution in [-0.4, -0.2) is 61.7 Å². The van der Waals surface area contributed by atoms with Crippen molar-refractivity contribution in [3.8, 4) is 0 Å². The molecule has 0 aromatic rings. The van der Waals surface area contributed by atoms with Crippen LogP contribution in [0.5, 0.6) is 0 Å². The van der Waals surface area contributed by atoms with Gasteiger partial charge in [-0.25, -0.2) is 12.7 Å². The van der Waals surface area contributed by atoms with Crippen LogP contribution in [0, 0.1) is 0 Å². The minimum absolute atomic E-state index is 0.0199. The lowest BCUT2D eigenvalue weighted by Gasteiger charge is -2.26. The molecule has 2 aliphatic rings. The van der Waals surface area contributed by atoms with Gasteiger partial charge in [-0.05, 0) is 19.3 Å². The fraction of sp³-hybridized carbons (Fsp3) is 0.909. The number of carbonyl (C=O) groups is 1. The molecule has 1 unspecified atom stereocenters. The fourth-order valence-electron chi connectivity index (χ4n) is 2.25. The smallest absolute Gasteiger partial charge is 0.238 e. The lowest BCUT2D eigenvalue weighted by Crippen LogP contribution is -2.43. The average molecular weight is 307 g/mol. The molecule has 19 heavy (non-hydrogen) atoms. The third-order valence-corrected chi connectivity index (χ3v) is 6.27. The largest absolute Gasteiger partial charge is 0.355 e. The predicted molar refractivity (Wildman–Crippen MR) is 76.5 cm³/mol. The number of nitrogens with one attached hydrogen (secondary N) is 2. The Kier molecular flexibility index (Phi) is 5.49. The van der Waals surface area contributed by atoms with Crippen LogP contribution < -0.4 is 10.6 Å². The first-order chi connectivity index (χ1) is 9.09. The van der Waals surface area contributed by atoms with E-state index in [-0.39, 0.29) is 17.7 Å². The standard InChI is InChI=1S/C11H21N3O3S2/c15-11(10-8-18-9-13-10)12-4-3-6-14-5-1-2-7-19(14,16)17/h10,13H,1-9H2,(H,12,15). The first-order valence-corrected chi connectivity index (χ1v) is 9.43. The zero-order valence-electron chi connectivity index (χ0n) is 10.9. The molecule has 2 aliphatic heterocycles. The summed E-state index contributed by atoms with van der Waals surface area (Å²) in [5, 5.41) is 5.96. The highest BCUT2D eigenvalue weighted by Crippen LogP contribution is 2.13. The first-order valence-electron chi connectivity index (χ1n) is 6.66. The number of hydrogen-bond donors (Lipinski definition) is 2. The summed E-state index contributed by atoms with van der Waals surface area (Å²) in [5.41, 5.74) is 0. The minimum Gasteiger partial charge on any atom is -0.355 e. The number of thioether (sulfide) groups is 1. The summed E-state index contributed by atoms with van der Waals surface area (Å²) in [6.07, 6.45) is 2.38. The van der Waals surface area contributed by atoms with Crippen LogP contribution in [-0.2, 0) is 14.8 Å². The topological polar surface area (TPSA) is 78.5 Å². The highest BCUT2D eigenvalue weighted by molar-refractivity contribution is 7.99. The molecule has 6 nitrogen and oxygen atoms in total. The van der Waals surface area contributed by atoms with Gasteiger partial charge in [-0.2, -0.15) is 0 Å². The molecule has 2 rings (SSSR count). The average Bonchev–Trinajstić information content (AvgIpc) is 2.89. The molecule has 2 N–H and O–H groups in total. The van der Waals surface area contributed by atoms with Crippen LogP contribution in [0.2, 0.25) is 0 Å². The van der Waals surface area contributed by atoms with E-state index in [0.29, 0.717) is 26.1 Å². The predicted octanol–water partition coefficient (Wildman–Crippen LogP) is -0.419. The van der Waals surface area contributed by atoms with E-state index in [1.807, 2.05) is 0 Å². The Bertz CT molecular complexity index is 407. The van der Waals surface area contributed by atoms with Gasteiger partial charge in [0.1, 0.15) is 0 Å². The van der Waals surface area contributed by atoms with Crippen molar-refractivity contribution in [2.24, 2.45) is 0 Å². The second-order valence-electron chi connectivity index (χ2n) is 4.84. The molecule has 0 aromatic heterocycles. The fourth-order valence-corrected chi connectivity index (χ4v) is 4.83. The SMILES string of the molecule is O=C(NCCCN1CCCCS1(=O)=O)C1CSCN1. The Hall–Kier alpha value is -0.310. The Morgan fingerprint density at radius 2 is 2.26 bits per heavy atom. The summed E-state index contributed by atoms with van der Waals surface area (Å²) < 4.78 is 25.0. The second kappa shape index (κ2) is 6.92. The third-order valence-electron chi connectivity index (χ3n) is 3.37. The normalized spacial score (nSPS) is 27.3. The molecule has 2 saturated heterocycles. The van der Waals surface area contributed by atoms with Gasteiger partial charge in [0.05, 0.1) is 11.8 Å². The van der Waals surface area contributed by atoms with Gasteiger partial charge in [0, 0.05) is 31.3 Å². The summed E-state index contributed by atoms with van der Waals surface area (Å²) in [7, 11) is -3.03. The van der Waals surface area contributed by atoms with Gasteiger partial charge in [0.2, 0.25) is 15.9 Å². The van der Waals surface area contributed by atoms with E-state index in [2.05, 4.69) is 10.6 Å². The van der Waals surface area contributed by atoms with Crippen LogP contribution in [0.25, 0.3) is 0 Å². The van der Waals surface area contributed by atoms with Crippen LogP contribution in [0.3, 0.4) is 0 Å². The summed E-state index contributed by atoms with van der Waals surface area (Å²) in [6.45, 7) is 1.67. The molecule has 1 amide bonds. The first kappa shape index (κ1) is 15.1. The van der Waals surface area contributed by atoms with Crippen molar-refractivity contribution in [3.05, 3.63) is 0 Å². The molecule has 0 saturated carbocycles. The highest BCUT2D eigenvalue weighted by atomic mass is 32.2. The molecular weight excluding hydrogens is 286 g/mol. The maximum atomic E-state index is 11.7. The van der Waals surface area contributed by atoms with Gasteiger partial charge in [0.25, 0.3) is 0 Å². The van der Waals surface area contributed by atoms with E-state index in [0.717, 1.165) is 24.5 Å². The van der Waals surface area contributed by atoms with Crippen LogP contribution in [0.4, 0.5) is 0 Å². The highest BCUT2D eigenvalue weighted by Gasteiger charge is 2.25. The zero-order valence-corrected chi connectivity index (χ0v) is 12.6. The summed E-state index contributed by atoms with van der Waals surface area (Å²) >= 11 is 1.71. The molecule has 0 spiro atoms. The van der Waals surface area contributed by atoms with Gasteiger partial charge in [-0.3, -0.25) is 10.1 Å². The van der Waals surface area contributed by atoms with Crippen LogP contribution in [0.15, 0.2) is 0 Å². The Balaban J connectivity index is 1.64. The summed E-state index contributed by atoms with van der Waals surface area (Å²) in [4.78, 5) is 11.7. The van der Waals surface area contributed by atoms with Crippen LogP contribution >= 0.6 is 11.8 Å². The van der Waals surface area contributed by atoms with Gasteiger partial charge < -0.3 is 5.32 Å². The van der Waals surface area contributed by atoms with E-state index in [9.17, 15) is 13.2 Å². The number of hydrogen-bond acceptors (Lipinski definition) is 5. The van der Waals surface area contributed by atoms with Gasteiger partial charge in [0.15, 0.2) is 0 Å². The number of rotatable bonds is 5. The minimum atomic E-state index is -3.03. The zero-order chi connectivity index (χ0) is 13.7. The van der Waals surface area contributed by atoms with Gasteiger partial charge in [-0.1, -0.05) is 0 Å². The van der Waals surface area contributed by atoms with E-state index in [1.165, 1.54) is 0 Å². The van der Waals surface area contributed by atoms with Crippen molar-refractivity contribution in [3.63, 3.8) is 0 Å². The maximum absolute atomic E-state index is 11.7. The molecule has 2 heterocycles. The van der Waals surface area contributed by atoms with Gasteiger partial charge in [-0.15, -0.1) is 11.8 Å². The monoisotopic (exact) mass is 307 g/mol. The summed E-state index contributed by atoms with van der Waals surface area (Å²) in [6, 6.07) is -0.0938. The lowest BCUT2D eigenvalue weighted by atomic mass is 10.3. The lowest BCUT2D eigenvalue weighted by molar-refractivity contribution is -0.122. The number of amides is 1. The van der Waals surface area contributed by atoms with Crippen molar-refractivity contribution in [1.82, 2.24) is 14.9 Å². The van der Waals surface area contributed by atoms with E-state index >= 15 is 0 Å². The molecule has 1 atom stereocenters. The molecule has 0 bridgehead atoms. The summed E-state index contributed by atoms with van der Waals surface area (Å²) in [5.74, 6) is 1.92. The van der Waals surface area contributed by atoms with Crippen molar-refractivity contribution in [2.45, 2.75) is 25.3 Å². The Morgan fingerprint density at radius 1 is 1.42 bits per heavy atom. The van der Waals surface area contributed by atoms with E-state index in [1.54, 1.807) is 16.1 Å². The van der Waals surface area contributed by atoms with Crippen molar-refractivity contribution in [1.29, 1.82) is 0 Å². The van der Waals surface area contributed by atoms with E-state index in [4.69, 9.17) is 0 Å². The quantitative estimate of drug-likeness (QED) is 0.675. The molecule has 2 fully saturated rings. The number of nitrogens with zero attached hydrogens (tertiary/aromatic N) is 1. The molecular formula is C11H21N3O3S2. The second-order valence-corrected chi connectivity index (χ2v) is 7.96. The number of carbonyl (C=O) groups excluding carboxylic acids is 1. The molecule has 0 aromatic carbocycles. The van der Waals surface area contributed by atoms with Gasteiger partial charge >= 0.3 is 0 Å². The molecule has 0 radical (unpaired) electrons. The van der Waals surface area contributed by atoms with Crippen molar-refractivity contribution >= 4 is 27.7 Å². The maximum Gasteiger partial charge on any atom is 0.238 e. The van der Waals surface area contributed by atoms with Crippen molar-refractivity contribution < 1.29 is 13.2 Å². The Labute approximate surface area is 118 Å². The van der Waals surface area contributed by atoms with E-state index < -0.39 is 10.0 Å². The van der Waals surface area contributed by atoms with Crippen LogP contribution in [0.1, 0.15) is 19.3 Å². The molecule has 8 heteroatoms.